The van der Waals surface area contributed by atoms with Gasteiger partial charge in [-0.25, -0.2) is 15.0 Å². The second-order valence-corrected chi connectivity index (χ2v) is 8.58. The van der Waals surface area contributed by atoms with Crippen LogP contribution in [0.4, 0.5) is 5.13 Å². The van der Waals surface area contributed by atoms with Crippen molar-refractivity contribution in [1.29, 1.82) is 0 Å². The van der Waals surface area contributed by atoms with E-state index >= 15 is 0 Å². The molecule has 1 aromatic carbocycles. The maximum atomic E-state index is 12.1. The predicted molar refractivity (Wildman–Crippen MR) is 110 cm³/mol. The lowest BCUT2D eigenvalue weighted by Crippen LogP contribution is -2.12. The molecule has 0 atom stereocenters. The number of hydrogen-bond donors (Lipinski definition) is 2. The molecule has 9 heteroatoms. The van der Waals surface area contributed by atoms with E-state index in [-0.39, 0.29) is 11.8 Å². The van der Waals surface area contributed by atoms with Gasteiger partial charge in [0.2, 0.25) is 5.91 Å². The van der Waals surface area contributed by atoms with Crippen LogP contribution in [-0.4, -0.2) is 31.1 Å². The molecule has 3 aromatic heterocycles. The Bertz CT molecular complexity index is 1130. The largest absolute Gasteiger partial charge is 0.302 e. The number of hydrogen-bond acceptors (Lipinski definition) is 7. The standard InChI is InChI=1S/C19H16N6OS2/c1-10-14(28-19(22-10)24-17(26)12-7-8-12)18-23-13(11-5-3-2-4-6-11)15(27-18)16-20-9-21-25-16/h2-6,9,12H,7-8H2,1H3,(H,20,21,25)(H,22,24,26). The molecule has 0 radical (unpaired) electrons. The second-order valence-electron chi connectivity index (χ2n) is 6.58. The van der Waals surface area contributed by atoms with Crippen LogP contribution in [0.5, 0.6) is 0 Å². The first-order valence-corrected chi connectivity index (χ1v) is 10.5. The Labute approximate surface area is 168 Å². The van der Waals surface area contributed by atoms with Crippen LogP contribution < -0.4 is 5.32 Å². The summed E-state index contributed by atoms with van der Waals surface area (Å²) in [5.41, 5.74) is 2.71. The minimum absolute atomic E-state index is 0.0609. The molecule has 0 aliphatic heterocycles. The van der Waals surface area contributed by atoms with Gasteiger partial charge >= 0.3 is 0 Å². The number of rotatable bonds is 5. The fourth-order valence-electron chi connectivity index (χ4n) is 2.88. The van der Waals surface area contributed by atoms with Gasteiger partial charge in [-0.1, -0.05) is 41.7 Å². The zero-order valence-electron chi connectivity index (χ0n) is 15.0. The van der Waals surface area contributed by atoms with Crippen LogP contribution in [0.3, 0.4) is 0 Å². The second kappa shape index (κ2) is 6.92. The molecule has 0 saturated heterocycles. The van der Waals surface area contributed by atoms with Gasteiger partial charge in [-0.3, -0.25) is 9.89 Å². The fraction of sp³-hybridized carbons (Fsp3) is 0.211. The number of aromatic nitrogens is 5. The first-order valence-electron chi connectivity index (χ1n) is 8.90. The third-order valence-corrected chi connectivity index (χ3v) is 6.74. The normalized spacial score (nSPS) is 13.6. The van der Waals surface area contributed by atoms with E-state index in [0.29, 0.717) is 11.0 Å². The van der Waals surface area contributed by atoms with E-state index in [1.54, 1.807) is 6.33 Å². The van der Waals surface area contributed by atoms with Gasteiger partial charge in [0.15, 0.2) is 11.0 Å². The average molecular weight is 409 g/mol. The Kier molecular flexibility index (Phi) is 4.25. The number of anilines is 1. The van der Waals surface area contributed by atoms with Crippen LogP contribution in [0.1, 0.15) is 18.5 Å². The lowest BCUT2D eigenvalue weighted by Gasteiger charge is -1.98. The third-order valence-electron chi connectivity index (χ3n) is 4.46. The Morgan fingerprint density at radius 3 is 2.68 bits per heavy atom. The van der Waals surface area contributed by atoms with Gasteiger partial charge < -0.3 is 5.32 Å². The summed E-state index contributed by atoms with van der Waals surface area (Å²) in [5, 5.41) is 11.4. The molecule has 1 amide bonds. The van der Waals surface area contributed by atoms with Crippen molar-refractivity contribution in [2.75, 3.05) is 5.32 Å². The fourth-order valence-corrected chi connectivity index (χ4v) is 5.00. The summed E-state index contributed by atoms with van der Waals surface area (Å²) in [6, 6.07) is 10.00. The Hall–Kier alpha value is -2.91. The minimum Gasteiger partial charge on any atom is -0.302 e. The van der Waals surface area contributed by atoms with Crippen molar-refractivity contribution in [2.45, 2.75) is 19.8 Å². The maximum absolute atomic E-state index is 12.1. The minimum atomic E-state index is 0.0609. The van der Waals surface area contributed by atoms with Gasteiger partial charge in [0.1, 0.15) is 16.2 Å². The molecule has 4 aromatic rings. The summed E-state index contributed by atoms with van der Waals surface area (Å²) in [4.78, 5) is 27.6. The molecule has 3 heterocycles. The van der Waals surface area contributed by atoms with Crippen molar-refractivity contribution < 1.29 is 4.79 Å². The van der Waals surface area contributed by atoms with Crippen LogP contribution in [0.2, 0.25) is 0 Å². The number of aromatic amines is 1. The number of thiazole rings is 2. The summed E-state index contributed by atoms with van der Waals surface area (Å²) in [7, 11) is 0. The van der Waals surface area contributed by atoms with E-state index in [0.717, 1.165) is 44.6 Å². The number of nitrogens with one attached hydrogen (secondary N) is 2. The van der Waals surface area contributed by atoms with Crippen LogP contribution in [0.15, 0.2) is 36.7 Å². The molecule has 2 N–H and O–H groups in total. The predicted octanol–water partition coefficient (Wildman–Crippen LogP) is 4.38. The van der Waals surface area contributed by atoms with Crippen molar-refractivity contribution in [3.05, 3.63) is 42.4 Å². The molecular weight excluding hydrogens is 392 g/mol. The number of amides is 1. The van der Waals surface area contributed by atoms with Gasteiger partial charge in [0, 0.05) is 11.5 Å². The molecule has 28 heavy (non-hydrogen) atoms. The number of H-pyrrole nitrogens is 1. The molecule has 1 aliphatic carbocycles. The highest BCUT2D eigenvalue weighted by molar-refractivity contribution is 7.25. The summed E-state index contributed by atoms with van der Waals surface area (Å²) in [5.74, 6) is 0.826. The van der Waals surface area contributed by atoms with Gasteiger partial charge in [0.05, 0.1) is 16.3 Å². The molecule has 0 unspecified atom stereocenters. The monoisotopic (exact) mass is 408 g/mol. The van der Waals surface area contributed by atoms with Crippen LogP contribution in [-0.2, 0) is 4.79 Å². The van der Waals surface area contributed by atoms with Crippen LogP contribution in [0, 0.1) is 12.8 Å². The van der Waals surface area contributed by atoms with E-state index in [2.05, 4.69) is 25.5 Å². The number of carbonyl (C=O) groups excluding carboxylic acids is 1. The van der Waals surface area contributed by atoms with E-state index in [1.807, 2.05) is 37.3 Å². The molecule has 5 rings (SSSR count). The van der Waals surface area contributed by atoms with Gasteiger partial charge in [-0.05, 0) is 19.8 Å². The number of nitrogens with zero attached hydrogens (tertiary/aromatic N) is 4. The smallest absolute Gasteiger partial charge is 0.229 e. The zero-order chi connectivity index (χ0) is 19.1. The summed E-state index contributed by atoms with van der Waals surface area (Å²) >= 11 is 2.99. The van der Waals surface area contributed by atoms with Crippen LogP contribution >= 0.6 is 22.7 Å². The Balaban J connectivity index is 1.55. The third kappa shape index (κ3) is 3.23. The SMILES string of the molecule is Cc1nc(NC(=O)C2CC2)sc1-c1nc(-c2ccccc2)c(-c2nc[nH]n2)s1. The van der Waals surface area contributed by atoms with Crippen LogP contribution in [0.25, 0.3) is 31.8 Å². The Morgan fingerprint density at radius 2 is 1.96 bits per heavy atom. The molecule has 1 saturated carbocycles. The molecule has 1 fully saturated rings. The molecule has 0 bridgehead atoms. The van der Waals surface area contributed by atoms with E-state index in [4.69, 9.17) is 4.98 Å². The molecular formula is C19H16N6OS2. The number of benzene rings is 1. The quantitative estimate of drug-likeness (QED) is 0.511. The first kappa shape index (κ1) is 17.2. The average Bonchev–Trinajstić information content (AvgIpc) is 3.10. The number of carbonyl (C=O) groups is 1. The topological polar surface area (TPSA) is 96.5 Å². The van der Waals surface area contributed by atoms with E-state index < -0.39 is 0 Å². The lowest BCUT2D eigenvalue weighted by atomic mass is 10.1. The summed E-state index contributed by atoms with van der Waals surface area (Å²) in [6.45, 7) is 1.94. The zero-order valence-corrected chi connectivity index (χ0v) is 16.6. The van der Waals surface area contributed by atoms with E-state index in [1.165, 1.54) is 22.7 Å². The van der Waals surface area contributed by atoms with Crippen molar-refractivity contribution in [2.24, 2.45) is 5.92 Å². The number of aryl methyl sites for hydroxylation is 1. The maximum Gasteiger partial charge on any atom is 0.229 e. The molecule has 7 nitrogen and oxygen atoms in total. The van der Waals surface area contributed by atoms with Gasteiger partial charge in [-0.2, -0.15) is 5.10 Å². The van der Waals surface area contributed by atoms with Crippen molar-refractivity contribution in [1.82, 2.24) is 25.1 Å². The lowest BCUT2D eigenvalue weighted by molar-refractivity contribution is -0.117. The highest BCUT2D eigenvalue weighted by atomic mass is 32.1. The first-order chi connectivity index (χ1) is 13.7. The van der Waals surface area contributed by atoms with E-state index in [9.17, 15) is 4.79 Å². The van der Waals surface area contributed by atoms with Crippen molar-refractivity contribution >= 4 is 33.7 Å². The molecule has 140 valence electrons. The van der Waals surface area contributed by atoms with Crippen molar-refractivity contribution in [3.63, 3.8) is 0 Å². The molecule has 1 aliphatic rings. The highest BCUT2D eigenvalue weighted by Crippen LogP contribution is 2.42. The van der Waals surface area contributed by atoms with Crippen molar-refractivity contribution in [3.8, 4) is 31.8 Å². The molecule has 0 spiro atoms. The summed E-state index contributed by atoms with van der Waals surface area (Å²) < 4.78 is 0. The summed E-state index contributed by atoms with van der Waals surface area (Å²) in [6.07, 6.45) is 3.50. The Morgan fingerprint density at radius 1 is 1.14 bits per heavy atom. The highest BCUT2D eigenvalue weighted by Gasteiger charge is 2.30. The van der Waals surface area contributed by atoms with Gasteiger partial charge in [-0.15, -0.1) is 11.3 Å². The van der Waals surface area contributed by atoms with Gasteiger partial charge in [0.25, 0.3) is 0 Å².